The van der Waals surface area contributed by atoms with E-state index in [1.165, 1.54) is 0 Å². The Morgan fingerprint density at radius 1 is 1.09 bits per heavy atom. The summed E-state index contributed by atoms with van der Waals surface area (Å²) in [5.41, 5.74) is 1.59. The molecule has 1 aromatic heterocycles. The van der Waals surface area contributed by atoms with Crippen LogP contribution in [-0.4, -0.2) is 67.3 Å². The summed E-state index contributed by atoms with van der Waals surface area (Å²) in [6.45, 7) is 4.84. The van der Waals surface area contributed by atoms with Crippen molar-refractivity contribution in [3.63, 3.8) is 0 Å². The number of amides is 1. The Bertz CT molecular complexity index is 1100. The van der Waals surface area contributed by atoms with Gasteiger partial charge in [-0.2, -0.15) is 0 Å². The molecule has 1 aliphatic rings. The average molecular weight is 469 g/mol. The van der Waals surface area contributed by atoms with Crippen LogP contribution < -0.4 is 10.6 Å². The highest BCUT2D eigenvalue weighted by atomic mass is 32.2. The van der Waals surface area contributed by atoms with Crippen molar-refractivity contribution in [1.29, 1.82) is 0 Å². The fourth-order valence-electron chi connectivity index (χ4n) is 3.84. The molecule has 1 aliphatic heterocycles. The highest BCUT2D eigenvalue weighted by Crippen LogP contribution is 2.35. The molecule has 33 heavy (non-hydrogen) atoms. The first-order chi connectivity index (χ1) is 16.0. The van der Waals surface area contributed by atoms with E-state index in [4.69, 9.17) is 0 Å². The lowest BCUT2D eigenvalue weighted by atomic mass is 10.0. The van der Waals surface area contributed by atoms with Crippen LogP contribution in [-0.2, 0) is 0 Å². The van der Waals surface area contributed by atoms with Gasteiger partial charge in [0.05, 0.1) is 17.3 Å². The number of likely N-dealkylation sites (N-methyl/N-ethyl adjacent to an activating group) is 1. The molecule has 0 saturated carbocycles. The van der Waals surface area contributed by atoms with Gasteiger partial charge in [-0.25, -0.2) is 0 Å². The number of aromatic nitrogens is 2. The Morgan fingerprint density at radius 2 is 1.79 bits per heavy atom. The largest absolute Gasteiger partial charge is 0.546 e. The number of piperazine rings is 1. The lowest BCUT2D eigenvalue weighted by Gasteiger charge is -2.32. The maximum absolute atomic E-state index is 13.0. The van der Waals surface area contributed by atoms with Crippen LogP contribution in [0.2, 0.25) is 0 Å². The van der Waals surface area contributed by atoms with Gasteiger partial charge in [-0.1, -0.05) is 43.3 Å². The SMILES string of the molecule is CC[C@@H](Nc1n[s+]([O-])nc1Nc1cccc(C(=O)N2CCN(C)CC2)c1O)c1ccccc1. The van der Waals surface area contributed by atoms with Crippen LogP contribution in [0.1, 0.15) is 35.3 Å². The van der Waals surface area contributed by atoms with Gasteiger partial charge in [-0.05, 0) is 31.2 Å². The molecule has 1 saturated heterocycles. The maximum atomic E-state index is 13.0. The van der Waals surface area contributed by atoms with Crippen LogP contribution in [0, 0.1) is 0 Å². The molecule has 1 unspecified atom stereocenters. The number of phenolic OH excluding ortho intramolecular Hbond substituents is 1. The van der Waals surface area contributed by atoms with Gasteiger partial charge in [0.15, 0.2) is 16.9 Å². The zero-order valence-electron chi connectivity index (χ0n) is 18.7. The van der Waals surface area contributed by atoms with Gasteiger partial charge in [0, 0.05) is 34.9 Å². The molecule has 0 spiro atoms. The topological polar surface area (TPSA) is 117 Å². The molecule has 1 fully saturated rings. The molecule has 0 bridgehead atoms. The first-order valence-corrected chi connectivity index (χ1v) is 12.0. The molecule has 0 aliphatic carbocycles. The summed E-state index contributed by atoms with van der Waals surface area (Å²) in [5, 5.41) is 17.2. The second-order valence-electron chi connectivity index (χ2n) is 8.05. The molecule has 2 heterocycles. The number of hydrogen-bond acceptors (Lipinski definition) is 8. The monoisotopic (exact) mass is 468 g/mol. The van der Waals surface area contributed by atoms with Crippen LogP contribution in [0.5, 0.6) is 5.75 Å². The number of carbonyl (C=O) groups excluding carboxylic acids is 1. The number of rotatable bonds is 7. The van der Waals surface area contributed by atoms with Gasteiger partial charge in [0.1, 0.15) is 0 Å². The molecule has 2 atom stereocenters. The van der Waals surface area contributed by atoms with E-state index in [1.807, 2.05) is 44.3 Å². The minimum absolute atomic E-state index is 0.0502. The fourth-order valence-corrected chi connectivity index (χ4v) is 4.46. The van der Waals surface area contributed by atoms with E-state index >= 15 is 0 Å². The molecule has 174 valence electrons. The molecule has 9 nitrogen and oxygen atoms in total. The van der Waals surface area contributed by atoms with Crippen LogP contribution in [0.25, 0.3) is 0 Å². The first-order valence-electron chi connectivity index (χ1n) is 10.9. The molecular formula is C23H28N6O3S. The van der Waals surface area contributed by atoms with Crippen LogP contribution >= 0.6 is 11.1 Å². The van der Waals surface area contributed by atoms with Crippen molar-refractivity contribution in [3.05, 3.63) is 59.7 Å². The lowest BCUT2D eigenvalue weighted by molar-refractivity contribution is 0.0661. The second kappa shape index (κ2) is 10.2. The summed E-state index contributed by atoms with van der Waals surface area (Å²) in [7, 11) is 2.02. The third-order valence-electron chi connectivity index (χ3n) is 5.79. The molecule has 1 amide bonds. The van der Waals surface area contributed by atoms with E-state index in [-0.39, 0.29) is 29.1 Å². The maximum Gasteiger partial charge on any atom is 0.257 e. The van der Waals surface area contributed by atoms with E-state index < -0.39 is 11.1 Å². The van der Waals surface area contributed by atoms with Crippen molar-refractivity contribution >= 4 is 34.4 Å². The van der Waals surface area contributed by atoms with Gasteiger partial charge >= 0.3 is 0 Å². The zero-order valence-corrected chi connectivity index (χ0v) is 19.5. The minimum atomic E-state index is -1.77. The standard InChI is InChI=1S/C23H28N6O3S/c1-3-18(16-8-5-4-6-9-16)24-21-22(27-33(32)26-21)25-19-11-7-10-17(20(19)30)23(31)29-14-12-28(2)13-15-29/h4-11,18,30H,3,12-15H2,1-2H3,(H,24,26)(H,25,27)/t18-,33?/m1/s1. The van der Waals surface area contributed by atoms with Crippen LogP contribution in [0.4, 0.5) is 17.3 Å². The Morgan fingerprint density at radius 3 is 2.48 bits per heavy atom. The van der Waals surface area contributed by atoms with Gasteiger partial charge in [-0.15, -0.1) is 0 Å². The van der Waals surface area contributed by atoms with Crippen LogP contribution in [0.15, 0.2) is 48.5 Å². The summed E-state index contributed by atoms with van der Waals surface area (Å²) >= 11 is -1.77. The van der Waals surface area contributed by atoms with Gasteiger partial charge in [-0.3, -0.25) is 4.79 Å². The number of nitrogens with zero attached hydrogens (tertiary/aromatic N) is 4. The summed E-state index contributed by atoms with van der Waals surface area (Å²) < 4.78 is 20.2. The number of aromatic hydroxyl groups is 1. The molecule has 3 aromatic rings. The van der Waals surface area contributed by atoms with Crippen LogP contribution in [0.3, 0.4) is 0 Å². The summed E-state index contributed by atoms with van der Waals surface area (Å²) in [4.78, 5) is 16.9. The van der Waals surface area contributed by atoms with Crippen molar-refractivity contribution in [1.82, 2.24) is 18.5 Å². The molecule has 2 aromatic carbocycles. The van der Waals surface area contributed by atoms with Gasteiger partial charge in [0.2, 0.25) is 11.6 Å². The number of phenols is 1. The zero-order chi connectivity index (χ0) is 23.4. The predicted octanol–water partition coefficient (Wildman–Crippen LogP) is 3.60. The van der Waals surface area contributed by atoms with Crippen molar-refractivity contribution < 1.29 is 14.5 Å². The Hall–Kier alpha value is -3.21. The minimum Gasteiger partial charge on any atom is -0.546 e. The first kappa shape index (κ1) is 23.0. The Labute approximate surface area is 196 Å². The Kier molecular flexibility index (Phi) is 7.07. The quantitative estimate of drug-likeness (QED) is 0.356. The summed E-state index contributed by atoms with van der Waals surface area (Å²) in [6.07, 6.45) is 0.781. The summed E-state index contributed by atoms with van der Waals surface area (Å²) in [5.74, 6) is 0.209. The summed E-state index contributed by atoms with van der Waals surface area (Å²) in [6, 6.07) is 14.8. The van der Waals surface area contributed by atoms with Crippen molar-refractivity contribution in [2.75, 3.05) is 43.9 Å². The number of anilines is 3. The van der Waals surface area contributed by atoms with Gasteiger partial charge in [0.25, 0.3) is 5.91 Å². The van der Waals surface area contributed by atoms with E-state index in [0.29, 0.717) is 24.6 Å². The fraction of sp³-hybridized carbons (Fsp3) is 0.348. The van der Waals surface area contributed by atoms with E-state index in [9.17, 15) is 14.5 Å². The molecule has 0 radical (unpaired) electrons. The molecule has 10 heteroatoms. The number of benzene rings is 2. The molecule has 3 N–H and O–H groups in total. The van der Waals surface area contributed by atoms with E-state index in [0.717, 1.165) is 25.1 Å². The lowest BCUT2D eigenvalue weighted by Crippen LogP contribution is -2.47. The van der Waals surface area contributed by atoms with Crippen molar-refractivity contribution in [2.24, 2.45) is 0 Å². The van der Waals surface area contributed by atoms with E-state index in [1.54, 1.807) is 23.1 Å². The number of nitrogens with one attached hydrogen (secondary N) is 2. The smallest absolute Gasteiger partial charge is 0.257 e. The third kappa shape index (κ3) is 5.24. The number of hydrogen-bond donors (Lipinski definition) is 3. The predicted molar refractivity (Wildman–Crippen MR) is 129 cm³/mol. The highest BCUT2D eigenvalue weighted by molar-refractivity contribution is 7.14. The highest BCUT2D eigenvalue weighted by Gasteiger charge is 2.25. The van der Waals surface area contributed by atoms with E-state index in [2.05, 4.69) is 24.3 Å². The molecule has 4 rings (SSSR count). The average Bonchev–Trinajstić information content (AvgIpc) is 3.18. The van der Waals surface area contributed by atoms with Gasteiger partial charge < -0.3 is 30.1 Å². The number of para-hydroxylation sites is 1. The number of carbonyl (C=O) groups is 1. The normalized spacial score (nSPS) is 15.8. The third-order valence-corrected chi connectivity index (χ3v) is 6.47. The van der Waals surface area contributed by atoms with Crippen molar-refractivity contribution in [2.45, 2.75) is 19.4 Å². The Balaban J connectivity index is 1.55. The van der Waals surface area contributed by atoms with Crippen molar-refractivity contribution in [3.8, 4) is 5.75 Å². The second-order valence-corrected chi connectivity index (χ2v) is 8.88. The molecular weight excluding hydrogens is 440 g/mol.